The molecule has 0 N–H and O–H groups in total. The quantitative estimate of drug-likeness (QED) is 0.608. The number of hydrogen-bond acceptors (Lipinski definition) is 5. The fourth-order valence-corrected chi connectivity index (χ4v) is 1.48. The number of esters is 2. The third-order valence-corrected chi connectivity index (χ3v) is 2.76. The molecule has 0 aromatic rings. The molecule has 0 fully saturated rings. The number of ether oxygens (including phenoxy) is 2. The molecule has 0 bridgehead atoms. The Morgan fingerprint density at radius 2 is 2.19 bits per heavy atom. The smallest absolute Gasteiger partial charge is 0.339 e. The van der Waals surface area contributed by atoms with E-state index in [2.05, 4.69) is 44.5 Å². The molecule has 0 saturated carbocycles. The Hall–Kier alpha value is -0.270. The van der Waals surface area contributed by atoms with Gasteiger partial charge in [0.05, 0.1) is 12.4 Å². The van der Waals surface area contributed by atoms with Crippen LogP contribution in [0.3, 0.4) is 0 Å². The molecular formula is C9H8Br2O4S. The zero-order chi connectivity index (χ0) is 12.1. The number of allylic oxidation sites excluding steroid dienone is 1. The molecule has 1 aliphatic rings. The highest BCUT2D eigenvalue weighted by Gasteiger charge is 2.22. The zero-order valence-corrected chi connectivity index (χ0v) is 12.1. The summed E-state index contributed by atoms with van der Waals surface area (Å²) < 4.78 is 10.3. The molecule has 4 nitrogen and oxygen atoms in total. The molecule has 0 spiro atoms. The van der Waals surface area contributed by atoms with Crippen molar-refractivity contribution in [2.75, 3.05) is 12.4 Å². The summed E-state index contributed by atoms with van der Waals surface area (Å²) in [6, 6.07) is 0. The van der Waals surface area contributed by atoms with Gasteiger partial charge in [0.25, 0.3) is 0 Å². The summed E-state index contributed by atoms with van der Waals surface area (Å²) in [5.74, 6) is -0.386. The van der Waals surface area contributed by atoms with Gasteiger partial charge in [-0.1, -0.05) is 0 Å². The minimum atomic E-state index is -0.423. The van der Waals surface area contributed by atoms with E-state index < -0.39 is 11.9 Å². The first-order valence-corrected chi connectivity index (χ1v) is 6.51. The molecule has 88 valence electrons. The second-order valence-electron chi connectivity index (χ2n) is 2.81. The molecule has 0 aliphatic carbocycles. The number of halogens is 2. The minimum Gasteiger partial charge on any atom is -0.465 e. The molecule has 0 aromatic carbocycles. The summed E-state index contributed by atoms with van der Waals surface area (Å²) in [4.78, 5) is 22.1. The lowest BCUT2D eigenvalue weighted by Crippen LogP contribution is -2.09. The zero-order valence-electron chi connectivity index (χ0n) is 8.03. The van der Waals surface area contributed by atoms with Crippen LogP contribution < -0.4 is 0 Å². The molecule has 7 heteroatoms. The van der Waals surface area contributed by atoms with E-state index in [0.717, 1.165) is 0 Å². The van der Waals surface area contributed by atoms with Crippen LogP contribution in [0.25, 0.3) is 0 Å². The first kappa shape index (κ1) is 13.8. The molecule has 16 heavy (non-hydrogen) atoms. The van der Waals surface area contributed by atoms with E-state index in [0.29, 0.717) is 21.1 Å². The summed E-state index contributed by atoms with van der Waals surface area (Å²) in [6.07, 6.45) is 1.92. The normalized spacial score (nSPS) is 14.6. The van der Waals surface area contributed by atoms with E-state index in [4.69, 9.17) is 9.47 Å². The van der Waals surface area contributed by atoms with Crippen molar-refractivity contribution in [2.45, 2.75) is 6.42 Å². The van der Waals surface area contributed by atoms with Gasteiger partial charge in [-0.15, -0.1) is 0 Å². The third kappa shape index (κ3) is 3.95. The predicted molar refractivity (Wildman–Crippen MR) is 68.5 cm³/mol. The van der Waals surface area contributed by atoms with Gasteiger partial charge in [0.1, 0.15) is 3.39 Å². The van der Waals surface area contributed by atoms with Gasteiger partial charge < -0.3 is 9.47 Å². The summed E-state index contributed by atoms with van der Waals surface area (Å²) in [7, 11) is 0. The number of carbonyl (C=O) groups is 2. The van der Waals surface area contributed by atoms with Crippen LogP contribution in [-0.4, -0.2) is 24.3 Å². The molecule has 0 atom stereocenters. The highest BCUT2D eigenvalue weighted by molar-refractivity contribution is 9.28. The maximum Gasteiger partial charge on any atom is 0.339 e. The molecule has 0 unspecified atom stereocenters. The van der Waals surface area contributed by atoms with Crippen molar-refractivity contribution in [3.8, 4) is 0 Å². The molecule has 0 amide bonds. The van der Waals surface area contributed by atoms with Crippen molar-refractivity contribution in [2.24, 2.45) is 0 Å². The Kier molecular flexibility index (Phi) is 5.57. The molecular weight excluding hydrogens is 364 g/mol. The largest absolute Gasteiger partial charge is 0.465 e. The van der Waals surface area contributed by atoms with Crippen molar-refractivity contribution >= 4 is 56.4 Å². The average Bonchev–Trinajstić information content (AvgIpc) is 2.60. The van der Waals surface area contributed by atoms with Gasteiger partial charge in [-0.25, -0.2) is 4.79 Å². The first-order valence-electron chi connectivity index (χ1n) is 4.29. The summed E-state index contributed by atoms with van der Waals surface area (Å²) in [5.41, 5.74) is 0.471. The van der Waals surface area contributed by atoms with Crippen LogP contribution in [0.1, 0.15) is 6.42 Å². The van der Waals surface area contributed by atoms with Crippen molar-refractivity contribution in [1.29, 1.82) is 0 Å². The van der Waals surface area contributed by atoms with Gasteiger partial charge >= 0.3 is 11.9 Å². The summed E-state index contributed by atoms with van der Waals surface area (Å²) in [5, 5.41) is 0. The third-order valence-electron chi connectivity index (χ3n) is 1.72. The van der Waals surface area contributed by atoms with Crippen LogP contribution in [0.15, 0.2) is 20.8 Å². The fourth-order valence-electron chi connectivity index (χ4n) is 1.000. The Bertz CT molecular complexity index is 372. The SMILES string of the molecule is O=C(CS)OCCC1=CC(=C(Br)Br)OC1=O. The van der Waals surface area contributed by atoms with E-state index in [-0.39, 0.29) is 12.4 Å². The van der Waals surface area contributed by atoms with E-state index in [9.17, 15) is 9.59 Å². The molecule has 0 saturated heterocycles. The number of carbonyl (C=O) groups excluding carboxylic acids is 2. The monoisotopic (exact) mass is 370 g/mol. The second kappa shape index (κ2) is 6.46. The molecule has 0 radical (unpaired) electrons. The maximum absolute atomic E-state index is 11.3. The number of thiol groups is 1. The van der Waals surface area contributed by atoms with E-state index in [1.54, 1.807) is 6.08 Å². The van der Waals surface area contributed by atoms with Crippen LogP contribution in [0.2, 0.25) is 0 Å². The molecule has 0 aromatic heterocycles. The van der Waals surface area contributed by atoms with Crippen LogP contribution in [0.4, 0.5) is 0 Å². The maximum atomic E-state index is 11.3. The van der Waals surface area contributed by atoms with Gasteiger partial charge in [0.2, 0.25) is 0 Å². The topological polar surface area (TPSA) is 52.6 Å². The number of rotatable bonds is 4. The van der Waals surface area contributed by atoms with Crippen LogP contribution in [0.5, 0.6) is 0 Å². The van der Waals surface area contributed by atoms with Gasteiger partial charge in [-0.2, -0.15) is 12.6 Å². The summed E-state index contributed by atoms with van der Waals surface area (Å²) >= 11 is 10.0. The lowest BCUT2D eigenvalue weighted by Gasteiger charge is -2.01. The molecule has 1 heterocycles. The lowest BCUT2D eigenvalue weighted by atomic mass is 10.2. The van der Waals surface area contributed by atoms with E-state index in [1.165, 1.54) is 0 Å². The highest BCUT2D eigenvalue weighted by Crippen LogP contribution is 2.28. The Labute approximate surface area is 115 Å². The first-order chi connectivity index (χ1) is 7.54. The fraction of sp³-hybridized carbons (Fsp3) is 0.333. The van der Waals surface area contributed by atoms with Crippen LogP contribution in [0, 0.1) is 0 Å². The van der Waals surface area contributed by atoms with Gasteiger partial charge in [-0.05, 0) is 37.9 Å². The molecule has 1 rings (SSSR count). The predicted octanol–water partition coefficient (Wildman–Crippen LogP) is 2.29. The van der Waals surface area contributed by atoms with Crippen LogP contribution in [-0.2, 0) is 19.1 Å². The number of cyclic esters (lactones) is 1. The minimum absolute atomic E-state index is 0.0294. The van der Waals surface area contributed by atoms with Crippen molar-refractivity contribution < 1.29 is 19.1 Å². The highest BCUT2D eigenvalue weighted by atomic mass is 79.9. The Morgan fingerprint density at radius 1 is 1.50 bits per heavy atom. The summed E-state index contributed by atoms with van der Waals surface area (Å²) in [6.45, 7) is 0.146. The standard InChI is InChI=1S/C9H8Br2O4S/c10-8(11)6-3-5(9(13)15-6)1-2-14-7(12)4-16/h3,16H,1-2,4H2. The average molecular weight is 372 g/mol. The van der Waals surface area contributed by atoms with Crippen molar-refractivity contribution in [3.63, 3.8) is 0 Å². The van der Waals surface area contributed by atoms with Crippen molar-refractivity contribution in [3.05, 3.63) is 20.8 Å². The van der Waals surface area contributed by atoms with E-state index >= 15 is 0 Å². The molecule has 1 aliphatic heterocycles. The Morgan fingerprint density at radius 3 is 2.69 bits per heavy atom. The van der Waals surface area contributed by atoms with E-state index in [1.807, 2.05) is 0 Å². The Balaban J connectivity index is 2.49. The van der Waals surface area contributed by atoms with Gasteiger partial charge in [0, 0.05) is 12.0 Å². The van der Waals surface area contributed by atoms with Gasteiger partial charge in [-0.3, -0.25) is 4.79 Å². The number of hydrogen-bond donors (Lipinski definition) is 1. The lowest BCUT2D eigenvalue weighted by molar-refractivity contribution is -0.141. The second-order valence-corrected chi connectivity index (χ2v) is 5.78. The van der Waals surface area contributed by atoms with Gasteiger partial charge in [0.15, 0.2) is 5.76 Å². The van der Waals surface area contributed by atoms with Crippen LogP contribution >= 0.6 is 44.5 Å². The van der Waals surface area contributed by atoms with Crippen molar-refractivity contribution in [1.82, 2.24) is 0 Å².